The third-order valence-corrected chi connectivity index (χ3v) is 5.35. The quantitative estimate of drug-likeness (QED) is 0.871. The first kappa shape index (κ1) is 18.5. The number of carbonyl (C=O) groups is 2. The molecule has 1 aliphatic rings. The van der Waals surface area contributed by atoms with E-state index in [1.165, 1.54) is 11.8 Å². The van der Waals surface area contributed by atoms with Gasteiger partial charge in [0.25, 0.3) is 0 Å². The zero-order valence-corrected chi connectivity index (χ0v) is 15.8. The van der Waals surface area contributed by atoms with Crippen LogP contribution in [0.3, 0.4) is 0 Å². The number of carbonyl (C=O) groups excluding carboxylic acids is 2. The summed E-state index contributed by atoms with van der Waals surface area (Å²) in [5.74, 6) is -0.294. The number of amidine groups is 1. The molecule has 2 aromatic carbocycles. The largest absolute Gasteiger partial charge is 0.358 e. The zero-order valence-electron chi connectivity index (χ0n) is 14.2. The van der Waals surface area contributed by atoms with Gasteiger partial charge in [0, 0.05) is 18.5 Å². The van der Waals surface area contributed by atoms with Crippen LogP contribution in [-0.4, -0.2) is 34.2 Å². The Morgan fingerprint density at radius 2 is 1.92 bits per heavy atom. The molecule has 1 unspecified atom stereocenters. The minimum Gasteiger partial charge on any atom is -0.358 e. The highest BCUT2D eigenvalue weighted by molar-refractivity contribution is 8.15. The second kappa shape index (κ2) is 8.38. The molecule has 1 heterocycles. The predicted octanol–water partition coefficient (Wildman–Crippen LogP) is 3.61. The minimum atomic E-state index is -0.476. The van der Waals surface area contributed by atoms with E-state index in [0.717, 1.165) is 11.3 Å². The molecule has 26 heavy (non-hydrogen) atoms. The van der Waals surface area contributed by atoms with Gasteiger partial charge in [0.15, 0.2) is 5.17 Å². The van der Waals surface area contributed by atoms with E-state index in [4.69, 9.17) is 11.6 Å². The highest BCUT2D eigenvalue weighted by Crippen LogP contribution is 2.30. The van der Waals surface area contributed by atoms with E-state index < -0.39 is 5.25 Å². The molecular formula is C19H18ClN3O2S. The van der Waals surface area contributed by atoms with Gasteiger partial charge >= 0.3 is 0 Å². The normalized spacial score (nSPS) is 18.8. The summed E-state index contributed by atoms with van der Waals surface area (Å²) in [6, 6.07) is 16.7. The first-order valence-corrected chi connectivity index (χ1v) is 9.39. The van der Waals surface area contributed by atoms with Gasteiger partial charge in [-0.05, 0) is 29.8 Å². The van der Waals surface area contributed by atoms with Crippen molar-refractivity contribution in [2.75, 3.05) is 7.05 Å². The number of hydrogen-bond acceptors (Lipinski definition) is 4. The van der Waals surface area contributed by atoms with Crippen LogP contribution in [0.2, 0.25) is 5.02 Å². The van der Waals surface area contributed by atoms with E-state index >= 15 is 0 Å². The molecule has 0 spiro atoms. The standard InChI is InChI=1S/C19H18ClN3O2S/c1-21-18(25)16-11-17(24)23(12-13-7-9-14(20)10-8-13)19(26-16)22-15-5-3-2-4-6-15/h2-10,16H,11-12H2,1H3,(H,21,25). The molecule has 3 rings (SSSR count). The Bertz CT molecular complexity index is 824. The highest BCUT2D eigenvalue weighted by Gasteiger charge is 2.35. The van der Waals surface area contributed by atoms with Crippen LogP contribution in [-0.2, 0) is 16.1 Å². The smallest absolute Gasteiger partial charge is 0.233 e. The molecule has 134 valence electrons. The van der Waals surface area contributed by atoms with Crippen LogP contribution in [0.4, 0.5) is 5.69 Å². The van der Waals surface area contributed by atoms with Crippen molar-refractivity contribution in [3.8, 4) is 0 Å². The number of rotatable bonds is 4. The lowest BCUT2D eigenvalue weighted by atomic mass is 10.2. The van der Waals surface area contributed by atoms with Gasteiger partial charge < -0.3 is 5.32 Å². The Labute approximate surface area is 161 Å². The molecular weight excluding hydrogens is 370 g/mol. The average molecular weight is 388 g/mol. The number of hydrogen-bond donors (Lipinski definition) is 1. The number of nitrogens with one attached hydrogen (secondary N) is 1. The number of thioether (sulfide) groups is 1. The van der Waals surface area contributed by atoms with Crippen molar-refractivity contribution < 1.29 is 9.59 Å². The number of benzene rings is 2. The molecule has 0 saturated carbocycles. The Balaban J connectivity index is 1.91. The number of para-hydroxylation sites is 1. The third kappa shape index (κ3) is 4.45. The summed E-state index contributed by atoms with van der Waals surface area (Å²) in [5.41, 5.74) is 1.68. The van der Waals surface area contributed by atoms with Gasteiger partial charge in [-0.25, -0.2) is 4.99 Å². The molecule has 2 aromatic rings. The van der Waals surface area contributed by atoms with Crippen molar-refractivity contribution in [1.29, 1.82) is 0 Å². The van der Waals surface area contributed by atoms with Gasteiger partial charge in [-0.3, -0.25) is 14.5 Å². The summed E-state index contributed by atoms with van der Waals surface area (Å²) in [4.78, 5) is 31.0. The van der Waals surface area contributed by atoms with Gasteiger partial charge in [-0.2, -0.15) is 0 Å². The Morgan fingerprint density at radius 1 is 1.23 bits per heavy atom. The van der Waals surface area contributed by atoms with Crippen molar-refractivity contribution in [2.24, 2.45) is 4.99 Å². The first-order chi connectivity index (χ1) is 12.6. The Kier molecular flexibility index (Phi) is 5.96. The van der Waals surface area contributed by atoms with Gasteiger partial charge in [0.05, 0.1) is 17.5 Å². The lowest BCUT2D eigenvalue weighted by molar-refractivity contribution is -0.130. The zero-order chi connectivity index (χ0) is 18.5. The van der Waals surface area contributed by atoms with Crippen LogP contribution in [0.1, 0.15) is 12.0 Å². The summed E-state index contributed by atoms with van der Waals surface area (Å²) >= 11 is 7.25. The second-order valence-corrected chi connectivity index (χ2v) is 7.37. The van der Waals surface area contributed by atoms with Gasteiger partial charge in [0.1, 0.15) is 0 Å². The molecule has 5 nitrogen and oxygen atoms in total. The maximum absolute atomic E-state index is 12.7. The van der Waals surface area contributed by atoms with Crippen LogP contribution in [0.15, 0.2) is 59.6 Å². The molecule has 1 N–H and O–H groups in total. The lowest BCUT2D eigenvalue weighted by Gasteiger charge is -2.31. The van der Waals surface area contributed by atoms with Crippen molar-refractivity contribution in [3.63, 3.8) is 0 Å². The van der Waals surface area contributed by atoms with E-state index in [9.17, 15) is 9.59 Å². The van der Waals surface area contributed by atoms with E-state index in [-0.39, 0.29) is 18.2 Å². The fourth-order valence-corrected chi connectivity index (χ4v) is 3.83. The van der Waals surface area contributed by atoms with E-state index in [2.05, 4.69) is 10.3 Å². The molecule has 7 heteroatoms. The fraction of sp³-hybridized carbons (Fsp3) is 0.211. The number of nitrogens with zero attached hydrogens (tertiary/aromatic N) is 2. The van der Waals surface area contributed by atoms with E-state index in [1.807, 2.05) is 42.5 Å². The molecule has 1 saturated heterocycles. The van der Waals surface area contributed by atoms with Gasteiger partial charge in [-0.15, -0.1) is 0 Å². The van der Waals surface area contributed by atoms with Crippen LogP contribution in [0.5, 0.6) is 0 Å². The summed E-state index contributed by atoms with van der Waals surface area (Å²) in [6.07, 6.45) is 0.145. The number of halogens is 1. The van der Waals surface area contributed by atoms with Crippen LogP contribution >= 0.6 is 23.4 Å². The monoisotopic (exact) mass is 387 g/mol. The number of aliphatic imine (C=N–C) groups is 1. The maximum Gasteiger partial charge on any atom is 0.233 e. The van der Waals surface area contributed by atoms with Crippen molar-refractivity contribution in [3.05, 3.63) is 65.2 Å². The fourth-order valence-electron chi connectivity index (χ4n) is 2.54. The highest BCUT2D eigenvalue weighted by atomic mass is 35.5. The van der Waals surface area contributed by atoms with E-state index in [0.29, 0.717) is 16.7 Å². The van der Waals surface area contributed by atoms with Gasteiger partial charge in [0.2, 0.25) is 11.8 Å². The molecule has 1 fully saturated rings. The predicted molar refractivity (Wildman–Crippen MR) is 106 cm³/mol. The summed E-state index contributed by atoms with van der Waals surface area (Å²) < 4.78 is 0. The Hall–Kier alpha value is -2.31. The minimum absolute atomic E-state index is 0.123. The molecule has 1 aliphatic heterocycles. The molecule has 0 radical (unpaired) electrons. The summed E-state index contributed by atoms with van der Waals surface area (Å²) in [6.45, 7) is 0.384. The van der Waals surface area contributed by atoms with Crippen molar-refractivity contribution >= 4 is 46.0 Å². The van der Waals surface area contributed by atoms with Crippen molar-refractivity contribution in [1.82, 2.24) is 10.2 Å². The first-order valence-electron chi connectivity index (χ1n) is 8.13. The van der Waals surface area contributed by atoms with Gasteiger partial charge in [-0.1, -0.05) is 53.7 Å². The van der Waals surface area contributed by atoms with Crippen LogP contribution in [0, 0.1) is 0 Å². The SMILES string of the molecule is CNC(=O)C1CC(=O)N(Cc2ccc(Cl)cc2)C(=Nc2ccccc2)S1. The third-order valence-electron chi connectivity index (χ3n) is 3.91. The summed E-state index contributed by atoms with van der Waals surface area (Å²) in [5, 5.41) is 3.30. The molecule has 1 atom stereocenters. The Morgan fingerprint density at radius 3 is 2.58 bits per heavy atom. The number of amides is 2. The average Bonchev–Trinajstić information content (AvgIpc) is 2.66. The topological polar surface area (TPSA) is 61.8 Å². The van der Waals surface area contributed by atoms with E-state index in [1.54, 1.807) is 24.1 Å². The van der Waals surface area contributed by atoms with Crippen molar-refractivity contribution in [2.45, 2.75) is 18.2 Å². The molecule has 0 bridgehead atoms. The summed E-state index contributed by atoms with van der Waals surface area (Å²) in [7, 11) is 1.57. The molecule has 0 aromatic heterocycles. The maximum atomic E-state index is 12.7. The second-order valence-electron chi connectivity index (χ2n) is 5.76. The van der Waals surface area contributed by atoms with Crippen LogP contribution < -0.4 is 5.32 Å². The molecule has 2 amide bonds. The van der Waals surface area contributed by atoms with Crippen LogP contribution in [0.25, 0.3) is 0 Å². The molecule has 0 aliphatic carbocycles. The lowest BCUT2D eigenvalue weighted by Crippen LogP contribution is -2.45.